The summed E-state index contributed by atoms with van der Waals surface area (Å²) in [5.41, 5.74) is 2.89. The Morgan fingerprint density at radius 1 is 1.19 bits per heavy atom. The first kappa shape index (κ1) is 17.5. The minimum absolute atomic E-state index is 0.0109. The molecule has 4 rings (SSSR count). The number of piperazine rings is 1. The molecule has 2 aromatic rings. The standard InChI is InChI=1S/C21H23N3O3/c1-22-12-20(25)23-13-16-11-18(23)21(26)24(16)17-10-15(8-9-19(17)27-2)14-6-4-3-5-7-14/h3-10,16,18,22H,11-13H2,1-2H3/t16-,18-/m0/s1. The molecule has 0 aromatic heterocycles. The molecule has 0 radical (unpaired) electrons. The summed E-state index contributed by atoms with van der Waals surface area (Å²) in [6.45, 7) is 0.818. The molecule has 6 heteroatoms. The van der Waals surface area contributed by atoms with Gasteiger partial charge in [-0.3, -0.25) is 9.59 Å². The minimum atomic E-state index is -0.374. The Hall–Kier alpha value is -2.86. The van der Waals surface area contributed by atoms with E-state index in [0.29, 0.717) is 18.7 Å². The van der Waals surface area contributed by atoms with Gasteiger partial charge in [0.05, 0.1) is 25.4 Å². The van der Waals surface area contributed by atoms with Crippen LogP contribution >= 0.6 is 0 Å². The van der Waals surface area contributed by atoms with Gasteiger partial charge in [0, 0.05) is 6.54 Å². The number of fused-ring (bicyclic) bond motifs is 2. The fourth-order valence-corrected chi connectivity index (χ4v) is 4.11. The molecule has 2 bridgehead atoms. The molecule has 2 atom stereocenters. The number of rotatable bonds is 5. The third kappa shape index (κ3) is 2.96. The summed E-state index contributed by atoms with van der Waals surface area (Å²) in [4.78, 5) is 28.8. The maximum absolute atomic E-state index is 13.1. The Bertz CT molecular complexity index is 868. The summed E-state index contributed by atoms with van der Waals surface area (Å²) in [7, 11) is 3.35. The van der Waals surface area contributed by atoms with Gasteiger partial charge < -0.3 is 19.9 Å². The topological polar surface area (TPSA) is 61.9 Å². The predicted molar refractivity (Wildman–Crippen MR) is 104 cm³/mol. The molecule has 27 heavy (non-hydrogen) atoms. The molecule has 2 saturated heterocycles. The lowest BCUT2D eigenvalue weighted by atomic mass is 10.0. The van der Waals surface area contributed by atoms with E-state index in [0.717, 1.165) is 16.8 Å². The Labute approximate surface area is 158 Å². The number of nitrogens with zero attached hydrogens (tertiary/aromatic N) is 2. The molecule has 0 aliphatic carbocycles. The molecule has 2 amide bonds. The Morgan fingerprint density at radius 2 is 1.96 bits per heavy atom. The van der Waals surface area contributed by atoms with Crippen molar-refractivity contribution in [3.05, 3.63) is 48.5 Å². The zero-order valence-electron chi connectivity index (χ0n) is 15.5. The fraction of sp³-hybridized carbons (Fsp3) is 0.333. The molecule has 2 fully saturated rings. The number of hydrogen-bond donors (Lipinski definition) is 1. The average molecular weight is 365 g/mol. The molecule has 2 heterocycles. The number of benzene rings is 2. The van der Waals surface area contributed by atoms with Crippen LogP contribution in [0.2, 0.25) is 0 Å². The van der Waals surface area contributed by atoms with Gasteiger partial charge in [-0.1, -0.05) is 36.4 Å². The van der Waals surface area contributed by atoms with Crippen molar-refractivity contribution < 1.29 is 14.3 Å². The van der Waals surface area contributed by atoms with Gasteiger partial charge in [-0.05, 0) is 36.7 Å². The Morgan fingerprint density at radius 3 is 2.63 bits per heavy atom. The first-order valence-corrected chi connectivity index (χ1v) is 9.14. The number of carbonyl (C=O) groups excluding carboxylic acids is 2. The van der Waals surface area contributed by atoms with Crippen molar-refractivity contribution in [2.75, 3.05) is 32.1 Å². The van der Waals surface area contributed by atoms with Crippen molar-refractivity contribution in [1.29, 1.82) is 0 Å². The number of carbonyl (C=O) groups is 2. The van der Waals surface area contributed by atoms with Crippen LogP contribution in [0, 0.1) is 0 Å². The van der Waals surface area contributed by atoms with Crippen LogP contribution in [0.4, 0.5) is 5.69 Å². The van der Waals surface area contributed by atoms with E-state index in [-0.39, 0.29) is 30.4 Å². The van der Waals surface area contributed by atoms with Crippen LogP contribution in [0.5, 0.6) is 5.75 Å². The number of ether oxygens (including phenoxy) is 1. The van der Waals surface area contributed by atoms with E-state index in [1.807, 2.05) is 53.4 Å². The minimum Gasteiger partial charge on any atom is -0.495 e. The van der Waals surface area contributed by atoms with Crippen molar-refractivity contribution in [3.8, 4) is 16.9 Å². The van der Waals surface area contributed by atoms with Crippen molar-refractivity contribution in [2.24, 2.45) is 0 Å². The highest BCUT2D eigenvalue weighted by Crippen LogP contribution is 2.41. The molecule has 0 spiro atoms. The number of anilines is 1. The summed E-state index contributed by atoms with van der Waals surface area (Å²) in [5.74, 6) is 0.617. The molecule has 6 nitrogen and oxygen atoms in total. The van der Waals surface area contributed by atoms with Gasteiger partial charge in [0.2, 0.25) is 11.8 Å². The second kappa shape index (κ2) is 7.04. The van der Waals surface area contributed by atoms with E-state index in [1.54, 1.807) is 19.1 Å². The van der Waals surface area contributed by atoms with Crippen LogP contribution in [0.1, 0.15) is 6.42 Å². The maximum Gasteiger partial charge on any atom is 0.250 e. The SMILES string of the molecule is CNCC(=O)N1C[C@@H]2C[C@H]1C(=O)N2c1cc(-c2ccccc2)ccc1OC. The zero-order valence-corrected chi connectivity index (χ0v) is 15.5. The molecular weight excluding hydrogens is 342 g/mol. The van der Waals surface area contributed by atoms with Gasteiger partial charge >= 0.3 is 0 Å². The van der Waals surface area contributed by atoms with Crippen LogP contribution in [-0.4, -0.2) is 56.0 Å². The van der Waals surface area contributed by atoms with Crippen molar-refractivity contribution in [3.63, 3.8) is 0 Å². The van der Waals surface area contributed by atoms with Gasteiger partial charge in [0.15, 0.2) is 0 Å². The van der Waals surface area contributed by atoms with Gasteiger partial charge in [0.25, 0.3) is 0 Å². The van der Waals surface area contributed by atoms with E-state index in [2.05, 4.69) is 5.32 Å². The third-order valence-corrected chi connectivity index (χ3v) is 5.36. The summed E-state index contributed by atoms with van der Waals surface area (Å²) in [6.07, 6.45) is 0.674. The summed E-state index contributed by atoms with van der Waals surface area (Å²) in [5, 5.41) is 2.87. The molecular formula is C21H23N3O3. The first-order valence-electron chi connectivity index (χ1n) is 9.14. The highest BCUT2D eigenvalue weighted by Gasteiger charge is 2.52. The highest BCUT2D eigenvalue weighted by atomic mass is 16.5. The summed E-state index contributed by atoms with van der Waals surface area (Å²) in [6, 6.07) is 15.6. The van der Waals surface area contributed by atoms with E-state index in [4.69, 9.17) is 4.74 Å². The van der Waals surface area contributed by atoms with E-state index in [1.165, 1.54) is 0 Å². The molecule has 0 unspecified atom stereocenters. The smallest absolute Gasteiger partial charge is 0.250 e. The highest BCUT2D eigenvalue weighted by molar-refractivity contribution is 6.05. The number of nitrogens with one attached hydrogen (secondary N) is 1. The average Bonchev–Trinajstić information content (AvgIpc) is 3.27. The second-order valence-electron chi connectivity index (χ2n) is 6.94. The van der Waals surface area contributed by atoms with Crippen LogP contribution in [0.15, 0.2) is 48.5 Å². The van der Waals surface area contributed by atoms with Crippen LogP contribution in [0.25, 0.3) is 11.1 Å². The number of likely N-dealkylation sites (N-methyl/N-ethyl adjacent to an activating group) is 1. The van der Waals surface area contributed by atoms with Gasteiger partial charge in [-0.15, -0.1) is 0 Å². The van der Waals surface area contributed by atoms with Crippen LogP contribution in [-0.2, 0) is 9.59 Å². The van der Waals surface area contributed by atoms with Crippen LogP contribution < -0.4 is 15.0 Å². The lowest BCUT2D eigenvalue weighted by molar-refractivity contribution is -0.137. The van der Waals surface area contributed by atoms with Crippen LogP contribution in [0.3, 0.4) is 0 Å². The molecule has 2 aliphatic rings. The van der Waals surface area contributed by atoms with Crippen molar-refractivity contribution >= 4 is 17.5 Å². The molecule has 2 aliphatic heterocycles. The van der Waals surface area contributed by atoms with Gasteiger partial charge in [0.1, 0.15) is 11.8 Å². The number of likely N-dealkylation sites (tertiary alicyclic amines) is 1. The lowest BCUT2D eigenvalue weighted by Gasteiger charge is -2.34. The predicted octanol–water partition coefficient (Wildman–Crippen LogP) is 1.90. The number of methoxy groups -OCH3 is 1. The van der Waals surface area contributed by atoms with Gasteiger partial charge in [-0.2, -0.15) is 0 Å². The Kier molecular flexibility index (Phi) is 4.58. The summed E-state index contributed by atoms with van der Waals surface area (Å²) < 4.78 is 5.53. The second-order valence-corrected chi connectivity index (χ2v) is 6.94. The quantitative estimate of drug-likeness (QED) is 0.879. The normalized spacial score (nSPS) is 21.0. The van der Waals surface area contributed by atoms with E-state index < -0.39 is 0 Å². The molecule has 140 valence electrons. The van der Waals surface area contributed by atoms with E-state index >= 15 is 0 Å². The third-order valence-electron chi connectivity index (χ3n) is 5.36. The maximum atomic E-state index is 13.1. The fourth-order valence-electron chi connectivity index (χ4n) is 4.11. The monoisotopic (exact) mass is 365 g/mol. The largest absolute Gasteiger partial charge is 0.495 e. The number of hydrogen-bond acceptors (Lipinski definition) is 4. The number of amides is 2. The Balaban J connectivity index is 1.66. The molecule has 1 N–H and O–H groups in total. The van der Waals surface area contributed by atoms with Gasteiger partial charge in [-0.25, -0.2) is 0 Å². The zero-order chi connectivity index (χ0) is 19.0. The summed E-state index contributed by atoms with van der Waals surface area (Å²) >= 11 is 0. The lowest BCUT2D eigenvalue weighted by Crippen LogP contribution is -2.54. The first-order chi connectivity index (χ1) is 13.1. The van der Waals surface area contributed by atoms with Crippen molar-refractivity contribution in [1.82, 2.24) is 10.2 Å². The van der Waals surface area contributed by atoms with E-state index in [9.17, 15) is 9.59 Å². The molecule has 2 aromatic carbocycles. The molecule has 0 saturated carbocycles. The van der Waals surface area contributed by atoms with Crippen molar-refractivity contribution in [2.45, 2.75) is 18.5 Å².